The molecule has 1 aliphatic heterocycles. The van der Waals surface area contributed by atoms with Crippen LogP contribution in [-0.2, 0) is 21.6 Å². The van der Waals surface area contributed by atoms with Crippen LogP contribution in [0.5, 0.6) is 0 Å². The molecule has 16 heavy (non-hydrogen) atoms. The highest BCUT2D eigenvalue weighted by atomic mass is 32.2. The molecule has 0 aromatic heterocycles. The largest absolute Gasteiger partial charge is 0.772 e. The molecule has 1 aromatic rings. The number of nitrogens with zero attached hydrogens (tertiary/aromatic N) is 1. The fourth-order valence-corrected chi connectivity index (χ4v) is 2.04. The normalized spacial score (nSPS) is 19.7. The summed E-state index contributed by atoms with van der Waals surface area (Å²) in [6.45, 7) is 0. The summed E-state index contributed by atoms with van der Waals surface area (Å²) in [6.07, 6.45) is 2.20. The van der Waals surface area contributed by atoms with Gasteiger partial charge < -0.3 is 14.7 Å². The summed E-state index contributed by atoms with van der Waals surface area (Å²) in [6, 6.07) is 4.63. The van der Waals surface area contributed by atoms with Gasteiger partial charge in [0, 0.05) is 17.0 Å². The Bertz CT molecular complexity index is 473. The number of nitrogens with one attached hydrogen (secondary N) is 1. The Morgan fingerprint density at radius 3 is 3.06 bits per heavy atom. The highest BCUT2D eigenvalue weighted by Gasteiger charge is 2.16. The first-order valence-electron chi connectivity index (χ1n) is 4.63. The molecule has 0 spiro atoms. The zero-order valence-electron chi connectivity index (χ0n) is 8.25. The molecule has 0 bridgehead atoms. The topological polar surface area (TPSA) is 81.6 Å². The molecule has 84 valence electrons. The van der Waals surface area contributed by atoms with Crippen LogP contribution in [0.25, 0.3) is 0 Å². The lowest BCUT2D eigenvalue weighted by Crippen LogP contribution is -2.11. The number of benzene rings is 1. The maximum absolute atomic E-state index is 10.7. The van der Waals surface area contributed by atoms with Gasteiger partial charge in [-0.3, -0.25) is 9.20 Å². The summed E-state index contributed by atoms with van der Waals surface area (Å²) in [5.74, 6) is -0.0299. The van der Waals surface area contributed by atoms with Crippen LogP contribution in [0.4, 0.5) is 5.69 Å². The maximum Gasteiger partial charge on any atom is 0.149 e. The number of carbonyl (C=O) groups excluding carboxylic acids is 1. The summed E-state index contributed by atoms with van der Waals surface area (Å²) in [5.41, 5.74) is 2.17. The molecule has 2 atom stereocenters. The molecule has 0 saturated carbocycles. The summed E-state index contributed by atoms with van der Waals surface area (Å²) >= 11 is -2.11. The van der Waals surface area contributed by atoms with E-state index in [1.165, 1.54) is 6.34 Å². The predicted molar refractivity (Wildman–Crippen MR) is 60.0 cm³/mol. The molecular weight excluding hydrogens is 228 g/mol. The second-order valence-electron chi connectivity index (χ2n) is 3.37. The first-order valence-corrected chi connectivity index (χ1v) is 5.87. The second-order valence-corrected chi connectivity index (χ2v) is 4.27. The van der Waals surface area contributed by atoms with Crippen molar-refractivity contribution in [2.45, 2.75) is 11.8 Å². The monoisotopic (exact) mass is 237 g/mol. The lowest BCUT2D eigenvalue weighted by Gasteiger charge is -2.18. The molecule has 1 aliphatic rings. The maximum atomic E-state index is 10.7. The van der Waals surface area contributed by atoms with Crippen LogP contribution in [0.1, 0.15) is 17.2 Å². The fraction of sp³-hybridized carbons (Fsp3) is 0.200. The molecule has 0 radical (unpaired) electrons. The number of carbonyl (C=O) groups is 1. The smallest absolute Gasteiger partial charge is 0.149 e. The van der Waals surface area contributed by atoms with E-state index in [1.54, 1.807) is 18.2 Å². The Hall–Kier alpha value is -1.53. The number of rotatable bonds is 3. The second kappa shape index (κ2) is 4.54. The molecule has 1 heterocycles. The molecule has 2 unspecified atom stereocenters. The zero-order valence-corrected chi connectivity index (χ0v) is 9.07. The van der Waals surface area contributed by atoms with Gasteiger partial charge in [0.1, 0.15) is 12.3 Å². The van der Waals surface area contributed by atoms with E-state index in [0.29, 0.717) is 5.56 Å². The lowest BCUT2D eigenvalue weighted by atomic mass is 10.0. The summed E-state index contributed by atoms with van der Waals surface area (Å²) in [7, 11) is 0. The van der Waals surface area contributed by atoms with E-state index in [0.717, 1.165) is 17.5 Å². The Morgan fingerprint density at radius 2 is 2.38 bits per heavy atom. The SMILES string of the molecule is O=CC1N=CNc2cc(CS(=O)[O-])ccc21. The number of anilines is 1. The third-order valence-electron chi connectivity index (χ3n) is 2.30. The molecule has 5 nitrogen and oxygen atoms in total. The van der Waals surface area contributed by atoms with Gasteiger partial charge in [0.25, 0.3) is 0 Å². The van der Waals surface area contributed by atoms with E-state index in [-0.39, 0.29) is 5.75 Å². The number of fused-ring (bicyclic) bond motifs is 1. The standard InChI is InChI=1S/C10H10N2O3S/c13-4-10-8-2-1-7(5-16(14)15)3-9(8)11-6-12-10/h1-4,6,10H,5H2,(H,11,12)(H,14,15)/p-1. The van der Waals surface area contributed by atoms with Crippen LogP contribution in [-0.4, -0.2) is 21.4 Å². The minimum atomic E-state index is -2.11. The Kier molecular flexibility index (Phi) is 3.12. The fourth-order valence-electron chi connectivity index (χ4n) is 1.59. The number of hydrogen-bond acceptors (Lipinski definition) is 5. The van der Waals surface area contributed by atoms with E-state index in [4.69, 9.17) is 0 Å². The lowest BCUT2D eigenvalue weighted by molar-refractivity contribution is -0.108. The Morgan fingerprint density at radius 1 is 1.56 bits per heavy atom. The molecule has 1 aromatic carbocycles. The highest BCUT2D eigenvalue weighted by Crippen LogP contribution is 2.28. The molecule has 0 amide bonds. The van der Waals surface area contributed by atoms with E-state index < -0.39 is 17.1 Å². The molecule has 2 rings (SSSR count). The summed E-state index contributed by atoms with van der Waals surface area (Å²) < 4.78 is 21.1. The molecule has 0 aliphatic carbocycles. The van der Waals surface area contributed by atoms with Gasteiger partial charge in [-0.2, -0.15) is 0 Å². The van der Waals surface area contributed by atoms with Gasteiger partial charge >= 0.3 is 0 Å². The molecule has 0 fully saturated rings. The number of aliphatic imine (C=N–C) groups is 1. The molecule has 1 N–H and O–H groups in total. The van der Waals surface area contributed by atoms with Crippen molar-refractivity contribution in [3.8, 4) is 0 Å². The van der Waals surface area contributed by atoms with Crippen LogP contribution in [0.15, 0.2) is 23.2 Å². The van der Waals surface area contributed by atoms with Gasteiger partial charge in [-0.15, -0.1) is 0 Å². The van der Waals surface area contributed by atoms with Crippen LogP contribution in [0.3, 0.4) is 0 Å². The van der Waals surface area contributed by atoms with E-state index in [1.807, 2.05) is 0 Å². The quantitative estimate of drug-likeness (QED) is 0.621. The highest BCUT2D eigenvalue weighted by molar-refractivity contribution is 7.78. The summed E-state index contributed by atoms with van der Waals surface area (Å²) in [4.78, 5) is 14.7. The minimum absolute atomic E-state index is 0.0299. The molecular formula is C10H9N2O3S-. The summed E-state index contributed by atoms with van der Waals surface area (Å²) in [5, 5.41) is 2.89. The molecule has 0 saturated heterocycles. The van der Waals surface area contributed by atoms with Crippen molar-refractivity contribution >= 4 is 29.4 Å². The van der Waals surface area contributed by atoms with Crippen molar-refractivity contribution < 1.29 is 13.6 Å². The Labute approximate surface area is 94.9 Å². The molecule has 6 heteroatoms. The van der Waals surface area contributed by atoms with E-state index in [2.05, 4.69) is 10.3 Å². The van der Waals surface area contributed by atoms with Gasteiger partial charge in [-0.1, -0.05) is 23.2 Å². The van der Waals surface area contributed by atoms with Gasteiger partial charge in [0.2, 0.25) is 0 Å². The third-order valence-corrected chi connectivity index (χ3v) is 2.87. The van der Waals surface area contributed by atoms with E-state index in [9.17, 15) is 13.6 Å². The average Bonchev–Trinajstić information content (AvgIpc) is 2.27. The van der Waals surface area contributed by atoms with Crippen molar-refractivity contribution in [1.29, 1.82) is 0 Å². The van der Waals surface area contributed by atoms with Crippen molar-refractivity contribution in [3.63, 3.8) is 0 Å². The average molecular weight is 237 g/mol. The minimum Gasteiger partial charge on any atom is -0.772 e. The van der Waals surface area contributed by atoms with Gasteiger partial charge in [-0.25, -0.2) is 0 Å². The van der Waals surface area contributed by atoms with Crippen LogP contribution >= 0.6 is 0 Å². The van der Waals surface area contributed by atoms with Gasteiger partial charge in [0.05, 0.1) is 6.34 Å². The third kappa shape index (κ3) is 2.17. The van der Waals surface area contributed by atoms with Crippen molar-refractivity contribution in [2.24, 2.45) is 4.99 Å². The first-order chi connectivity index (χ1) is 7.70. The number of aldehydes is 1. The predicted octanol–water partition coefficient (Wildman–Crippen LogP) is 0.760. The van der Waals surface area contributed by atoms with E-state index >= 15 is 0 Å². The van der Waals surface area contributed by atoms with Crippen molar-refractivity contribution in [2.75, 3.05) is 5.32 Å². The van der Waals surface area contributed by atoms with Gasteiger partial charge in [-0.05, 0) is 11.6 Å². The van der Waals surface area contributed by atoms with Gasteiger partial charge in [0.15, 0.2) is 0 Å². The first kappa shape index (κ1) is 11.0. The van der Waals surface area contributed by atoms with Crippen molar-refractivity contribution in [1.82, 2.24) is 0 Å². The van der Waals surface area contributed by atoms with Crippen molar-refractivity contribution in [3.05, 3.63) is 29.3 Å². The number of hydrogen-bond donors (Lipinski definition) is 1. The zero-order chi connectivity index (χ0) is 11.5. The van der Waals surface area contributed by atoms with Crippen LogP contribution in [0, 0.1) is 0 Å². The Balaban J connectivity index is 2.34. The van der Waals surface area contributed by atoms with Crippen LogP contribution < -0.4 is 5.32 Å². The van der Waals surface area contributed by atoms with Crippen LogP contribution in [0.2, 0.25) is 0 Å².